The fourth-order valence-corrected chi connectivity index (χ4v) is 2.43. The molecule has 0 aliphatic carbocycles. The normalized spacial score (nSPS) is 20.7. The first-order chi connectivity index (χ1) is 10.3. The van der Waals surface area contributed by atoms with Gasteiger partial charge in [0, 0.05) is 6.42 Å². The van der Waals surface area contributed by atoms with E-state index in [0.29, 0.717) is 0 Å². The minimum absolute atomic E-state index is 0. The zero-order valence-corrected chi connectivity index (χ0v) is 14.3. The molecule has 1 aliphatic rings. The molecular formula is C16H23ClF2N2O2. The van der Waals surface area contributed by atoms with Crippen molar-refractivity contribution < 1.29 is 18.3 Å². The second-order valence-corrected chi connectivity index (χ2v) is 5.96. The Morgan fingerprint density at radius 2 is 2.09 bits per heavy atom. The van der Waals surface area contributed by atoms with E-state index in [0.717, 1.165) is 11.3 Å². The number of ether oxygens (including phenoxy) is 1. The number of amides is 1. The average molecular weight is 349 g/mol. The van der Waals surface area contributed by atoms with E-state index in [2.05, 4.69) is 10.6 Å². The molecule has 0 spiro atoms. The van der Waals surface area contributed by atoms with Crippen LogP contribution in [0.5, 0.6) is 5.75 Å². The summed E-state index contributed by atoms with van der Waals surface area (Å²) in [5.41, 5.74) is 0.872. The largest absolute Gasteiger partial charge is 0.491 e. The van der Waals surface area contributed by atoms with Crippen molar-refractivity contribution in [3.8, 4) is 5.75 Å². The van der Waals surface area contributed by atoms with E-state index in [-0.39, 0.29) is 24.6 Å². The minimum Gasteiger partial charge on any atom is -0.491 e. The van der Waals surface area contributed by atoms with E-state index in [1.807, 2.05) is 45.0 Å². The van der Waals surface area contributed by atoms with E-state index in [1.165, 1.54) is 0 Å². The van der Waals surface area contributed by atoms with Gasteiger partial charge in [-0.05, 0) is 38.5 Å². The molecule has 2 N–H and O–H groups in total. The van der Waals surface area contributed by atoms with Crippen LogP contribution in [0.4, 0.5) is 8.78 Å². The first kappa shape index (κ1) is 19.6. The monoisotopic (exact) mass is 348 g/mol. The highest BCUT2D eigenvalue weighted by atomic mass is 35.5. The Bertz CT molecular complexity index is 541. The fourth-order valence-electron chi connectivity index (χ4n) is 2.43. The third-order valence-electron chi connectivity index (χ3n) is 3.51. The van der Waals surface area contributed by atoms with Crippen molar-refractivity contribution in [2.24, 2.45) is 0 Å². The highest BCUT2D eigenvalue weighted by molar-refractivity contribution is 5.85. The van der Waals surface area contributed by atoms with Crippen LogP contribution in [0.15, 0.2) is 24.3 Å². The van der Waals surface area contributed by atoms with Gasteiger partial charge in [0.25, 0.3) is 5.92 Å². The number of halogens is 3. The number of nitrogens with one attached hydrogen (secondary N) is 2. The van der Waals surface area contributed by atoms with E-state index in [4.69, 9.17) is 4.74 Å². The maximum atomic E-state index is 13.1. The second-order valence-electron chi connectivity index (χ2n) is 5.96. The summed E-state index contributed by atoms with van der Waals surface area (Å²) in [5.74, 6) is -2.49. The molecule has 2 atom stereocenters. The first-order valence-electron chi connectivity index (χ1n) is 7.45. The molecule has 1 aromatic rings. The Labute approximate surface area is 141 Å². The summed E-state index contributed by atoms with van der Waals surface area (Å²) in [6, 6.07) is 6.29. The molecule has 0 saturated carbocycles. The van der Waals surface area contributed by atoms with Crippen LogP contribution >= 0.6 is 12.4 Å². The van der Waals surface area contributed by atoms with E-state index < -0.39 is 30.8 Å². The van der Waals surface area contributed by atoms with Crippen molar-refractivity contribution in [1.82, 2.24) is 10.6 Å². The number of carbonyl (C=O) groups is 1. The van der Waals surface area contributed by atoms with Gasteiger partial charge in [-0.3, -0.25) is 10.1 Å². The van der Waals surface area contributed by atoms with Gasteiger partial charge in [-0.1, -0.05) is 12.1 Å². The molecule has 1 saturated heterocycles. The second kappa shape index (κ2) is 7.93. The van der Waals surface area contributed by atoms with Gasteiger partial charge >= 0.3 is 0 Å². The molecular weight excluding hydrogens is 326 g/mol. The lowest BCUT2D eigenvalue weighted by Crippen LogP contribution is -2.41. The molecule has 4 nitrogen and oxygen atoms in total. The van der Waals surface area contributed by atoms with Crippen molar-refractivity contribution in [1.29, 1.82) is 0 Å². The third-order valence-corrected chi connectivity index (χ3v) is 3.51. The fraction of sp³-hybridized carbons (Fsp3) is 0.562. The highest BCUT2D eigenvalue weighted by Gasteiger charge is 2.42. The van der Waals surface area contributed by atoms with Crippen LogP contribution in [-0.4, -0.2) is 30.5 Å². The predicted molar refractivity (Wildman–Crippen MR) is 87.4 cm³/mol. The van der Waals surface area contributed by atoms with Crippen LogP contribution in [0.1, 0.15) is 38.8 Å². The third kappa shape index (κ3) is 5.62. The van der Waals surface area contributed by atoms with E-state index in [1.54, 1.807) is 0 Å². The molecule has 130 valence electrons. The average Bonchev–Trinajstić information content (AvgIpc) is 2.78. The number of carbonyl (C=O) groups excluding carboxylic acids is 1. The van der Waals surface area contributed by atoms with Gasteiger partial charge < -0.3 is 10.1 Å². The number of rotatable bonds is 5. The number of hydrogen-bond donors (Lipinski definition) is 2. The quantitative estimate of drug-likeness (QED) is 0.859. The van der Waals surface area contributed by atoms with Crippen molar-refractivity contribution in [2.75, 3.05) is 6.54 Å². The number of benzene rings is 1. The lowest BCUT2D eigenvalue weighted by Gasteiger charge is -2.19. The molecule has 1 fully saturated rings. The van der Waals surface area contributed by atoms with Gasteiger partial charge in [0.15, 0.2) is 0 Å². The zero-order chi connectivity index (χ0) is 16.3. The molecule has 1 amide bonds. The molecule has 0 radical (unpaired) electrons. The molecule has 2 rings (SSSR count). The predicted octanol–water partition coefficient (Wildman–Crippen LogP) is 3.07. The lowest BCUT2D eigenvalue weighted by molar-refractivity contribution is -0.124. The molecule has 1 aliphatic heterocycles. The van der Waals surface area contributed by atoms with Crippen LogP contribution in [0.3, 0.4) is 0 Å². The zero-order valence-electron chi connectivity index (χ0n) is 13.4. The van der Waals surface area contributed by atoms with Gasteiger partial charge in [-0.25, -0.2) is 8.78 Å². The Balaban J connectivity index is 0.00000264. The molecule has 1 heterocycles. The van der Waals surface area contributed by atoms with Crippen LogP contribution < -0.4 is 15.4 Å². The molecule has 0 aromatic heterocycles. The van der Waals surface area contributed by atoms with Crippen LogP contribution in [0, 0.1) is 0 Å². The molecule has 1 aromatic carbocycles. The standard InChI is InChI=1S/C16H22F2N2O2.ClH/c1-10(2)22-13-6-4-5-12(7-13)11(3)20-15(21)14-8-16(17,18)9-19-14;/h4-7,10-11,14,19H,8-9H2,1-3H3,(H,20,21);1H. The number of alkyl halides is 2. The summed E-state index contributed by atoms with van der Waals surface area (Å²) < 4.78 is 31.9. The van der Waals surface area contributed by atoms with Crippen molar-refractivity contribution in [3.05, 3.63) is 29.8 Å². The summed E-state index contributed by atoms with van der Waals surface area (Å²) in [5, 5.41) is 5.32. The highest BCUT2D eigenvalue weighted by Crippen LogP contribution is 2.26. The summed E-state index contributed by atoms with van der Waals surface area (Å²) in [7, 11) is 0. The van der Waals surface area contributed by atoms with E-state index >= 15 is 0 Å². The minimum atomic E-state index is -2.81. The molecule has 7 heteroatoms. The van der Waals surface area contributed by atoms with Gasteiger partial charge in [0.1, 0.15) is 5.75 Å². The Morgan fingerprint density at radius 1 is 1.39 bits per heavy atom. The molecule has 2 unspecified atom stereocenters. The Hall–Kier alpha value is -1.40. The molecule has 0 bridgehead atoms. The van der Waals surface area contributed by atoms with Gasteiger partial charge in [0.2, 0.25) is 5.91 Å². The summed E-state index contributed by atoms with van der Waals surface area (Å²) in [6.45, 7) is 5.24. The SMILES string of the molecule is CC(C)Oc1cccc(C(C)NC(=O)C2CC(F)(F)CN2)c1.Cl. The number of hydrogen-bond acceptors (Lipinski definition) is 3. The molecule has 23 heavy (non-hydrogen) atoms. The maximum absolute atomic E-state index is 13.1. The van der Waals surface area contributed by atoms with Crippen LogP contribution in [-0.2, 0) is 4.79 Å². The first-order valence-corrected chi connectivity index (χ1v) is 7.45. The summed E-state index contributed by atoms with van der Waals surface area (Å²) >= 11 is 0. The van der Waals surface area contributed by atoms with Gasteiger partial charge in [-0.2, -0.15) is 0 Å². The van der Waals surface area contributed by atoms with Crippen LogP contribution in [0.25, 0.3) is 0 Å². The summed E-state index contributed by atoms with van der Waals surface area (Å²) in [6.07, 6.45) is -0.396. The van der Waals surface area contributed by atoms with Gasteiger partial charge in [-0.15, -0.1) is 12.4 Å². The maximum Gasteiger partial charge on any atom is 0.262 e. The van der Waals surface area contributed by atoms with Crippen molar-refractivity contribution in [2.45, 2.75) is 51.3 Å². The summed E-state index contributed by atoms with van der Waals surface area (Å²) in [4.78, 5) is 12.0. The van der Waals surface area contributed by atoms with Crippen molar-refractivity contribution in [3.63, 3.8) is 0 Å². The van der Waals surface area contributed by atoms with Crippen LogP contribution in [0.2, 0.25) is 0 Å². The lowest BCUT2D eigenvalue weighted by atomic mass is 10.1. The Kier molecular flexibility index (Phi) is 6.77. The smallest absolute Gasteiger partial charge is 0.262 e. The topological polar surface area (TPSA) is 50.4 Å². The Morgan fingerprint density at radius 3 is 2.65 bits per heavy atom. The van der Waals surface area contributed by atoms with Crippen molar-refractivity contribution >= 4 is 18.3 Å². The van der Waals surface area contributed by atoms with Gasteiger partial charge in [0.05, 0.1) is 24.7 Å². The van der Waals surface area contributed by atoms with E-state index in [9.17, 15) is 13.6 Å².